The van der Waals surface area contributed by atoms with Crippen molar-refractivity contribution in [1.29, 1.82) is 0 Å². The molecule has 1 saturated heterocycles. The minimum atomic E-state index is -0.551. The van der Waals surface area contributed by atoms with E-state index >= 15 is 0 Å². The minimum absolute atomic E-state index is 0.350. The van der Waals surface area contributed by atoms with Gasteiger partial charge in [-0.05, 0) is 0 Å². The van der Waals surface area contributed by atoms with Gasteiger partial charge in [-0.25, -0.2) is 0 Å². The van der Waals surface area contributed by atoms with Crippen LogP contribution in [-0.4, -0.2) is 25.1 Å². The summed E-state index contributed by atoms with van der Waals surface area (Å²) >= 11 is 0. The van der Waals surface area contributed by atoms with E-state index in [1.807, 2.05) is 0 Å². The first-order valence-corrected chi connectivity index (χ1v) is 2.49. The molecule has 0 saturated carbocycles. The number of hydrogen-bond acceptors (Lipinski definition) is 2. The molecule has 2 nitrogen and oxygen atoms in total. The van der Waals surface area contributed by atoms with Gasteiger partial charge in [0.05, 0.1) is 6.00 Å². The Morgan fingerprint density at radius 1 is 1.88 bits per heavy atom. The van der Waals surface area contributed by atoms with E-state index in [0.29, 0.717) is 12.2 Å². The van der Waals surface area contributed by atoms with Crippen LogP contribution >= 0.6 is 0 Å². The maximum absolute atomic E-state index is 8.86. The number of ether oxygens (including phenoxy) is 1. The monoisotopic (exact) mass is 110 g/mol. The van der Waals surface area contributed by atoms with E-state index in [1.54, 1.807) is 0 Å². The van der Waals surface area contributed by atoms with Crippen molar-refractivity contribution >= 4 is 7.85 Å². The predicted octanol–water partition coefficient (Wildman–Crippen LogP) is -0.224. The summed E-state index contributed by atoms with van der Waals surface area (Å²) in [6.45, 7) is 3.43. The van der Waals surface area contributed by atoms with Crippen LogP contribution in [-0.2, 0) is 4.74 Å². The maximum atomic E-state index is 8.86. The normalized spacial score (nSPS) is 37.4. The summed E-state index contributed by atoms with van der Waals surface area (Å²) < 4.78 is 4.81. The van der Waals surface area contributed by atoms with Crippen molar-refractivity contribution in [3.05, 3.63) is 12.3 Å². The second-order valence-corrected chi connectivity index (χ2v) is 1.87. The molecule has 1 aliphatic heterocycles. The molecule has 0 aromatic heterocycles. The third kappa shape index (κ3) is 0.867. The number of aliphatic hydroxyl groups excluding tert-OH is 1. The van der Waals surface area contributed by atoms with Crippen molar-refractivity contribution in [1.82, 2.24) is 0 Å². The summed E-state index contributed by atoms with van der Waals surface area (Å²) in [6.07, 6.45) is -0.0799. The van der Waals surface area contributed by atoms with Crippen molar-refractivity contribution in [2.45, 2.75) is 18.5 Å². The molecule has 0 aromatic rings. The van der Waals surface area contributed by atoms with E-state index in [4.69, 9.17) is 17.7 Å². The van der Waals surface area contributed by atoms with E-state index in [-0.39, 0.29) is 6.00 Å². The van der Waals surface area contributed by atoms with Crippen molar-refractivity contribution in [3.8, 4) is 0 Å². The standard InChI is InChI=1S/C5H7BO2/c1-3-4(7)2-5(6)8-3/h4-5,7H,1-2H2/t4?,5-/m1/s1. The summed E-state index contributed by atoms with van der Waals surface area (Å²) in [5.74, 6) is 0.387. The highest BCUT2D eigenvalue weighted by molar-refractivity contribution is 6.11. The second kappa shape index (κ2) is 1.82. The fraction of sp³-hybridized carbons (Fsp3) is 0.600. The summed E-state index contributed by atoms with van der Waals surface area (Å²) in [7, 11) is 5.27. The Labute approximate surface area is 49.6 Å². The van der Waals surface area contributed by atoms with Crippen LogP contribution in [0.3, 0.4) is 0 Å². The van der Waals surface area contributed by atoms with E-state index in [2.05, 4.69) is 6.58 Å². The summed E-state index contributed by atoms with van der Waals surface area (Å²) in [4.78, 5) is 0. The lowest BCUT2D eigenvalue weighted by atomic mass is 9.97. The third-order valence-electron chi connectivity index (χ3n) is 1.13. The first-order valence-electron chi connectivity index (χ1n) is 2.49. The number of rotatable bonds is 0. The largest absolute Gasteiger partial charge is 0.503 e. The van der Waals surface area contributed by atoms with Gasteiger partial charge in [0.25, 0.3) is 0 Å². The first-order chi connectivity index (χ1) is 3.70. The average molecular weight is 110 g/mol. The fourth-order valence-electron chi connectivity index (χ4n) is 0.673. The van der Waals surface area contributed by atoms with Gasteiger partial charge in [0, 0.05) is 6.42 Å². The lowest BCUT2D eigenvalue weighted by Gasteiger charge is -1.99. The molecule has 1 fully saturated rings. The summed E-state index contributed by atoms with van der Waals surface area (Å²) in [5, 5.41) is 8.86. The molecule has 3 heteroatoms. The number of aliphatic hydroxyl groups is 1. The molecular weight excluding hydrogens is 103 g/mol. The molecule has 0 aliphatic carbocycles. The Hall–Kier alpha value is -0.435. The van der Waals surface area contributed by atoms with E-state index < -0.39 is 6.10 Å². The first kappa shape index (κ1) is 5.70. The molecule has 2 radical (unpaired) electrons. The highest BCUT2D eigenvalue weighted by Gasteiger charge is 2.23. The Morgan fingerprint density at radius 2 is 2.50 bits per heavy atom. The van der Waals surface area contributed by atoms with Crippen LogP contribution in [0.1, 0.15) is 6.42 Å². The Balaban J connectivity index is 2.51. The molecule has 1 aliphatic rings. The molecule has 1 heterocycles. The molecule has 8 heavy (non-hydrogen) atoms. The van der Waals surface area contributed by atoms with Crippen molar-refractivity contribution in [3.63, 3.8) is 0 Å². The smallest absolute Gasteiger partial charge is 0.126 e. The van der Waals surface area contributed by atoms with Crippen LogP contribution in [0.2, 0.25) is 0 Å². The van der Waals surface area contributed by atoms with Gasteiger partial charge in [0.1, 0.15) is 19.7 Å². The van der Waals surface area contributed by atoms with Gasteiger partial charge in [-0.2, -0.15) is 0 Å². The van der Waals surface area contributed by atoms with E-state index in [0.717, 1.165) is 0 Å². The highest BCUT2D eigenvalue weighted by atomic mass is 16.5. The molecule has 1 unspecified atom stereocenters. The van der Waals surface area contributed by atoms with Crippen LogP contribution in [0.15, 0.2) is 12.3 Å². The molecule has 0 bridgehead atoms. The molecule has 2 atom stereocenters. The van der Waals surface area contributed by atoms with Crippen molar-refractivity contribution in [2.75, 3.05) is 0 Å². The minimum Gasteiger partial charge on any atom is -0.503 e. The Kier molecular flexibility index (Phi) is 1.30. The van der Waals surface area contributed by atoms with Crippen molar-refractivity contribution < 1.29 is 9.84 Å². The highest BCUT2D eigenvalue weighted by Crippen LogP contribution is 2.19. The quantitative estimate of drug-likeness (QED) is 0.436. The summed E-state index contributed by atoms with van der Waals surface area (Å²) in [6, 6.07) is -0.350. The topological polar surface area (TPSA) is 29.5 Å². The molecule has 42 valence electrons. The fourth-order valence-corrected chi connectivity index (χ4v) is 0.673. The van der Waals surface area contributed by atoms with Gasteiger partial charge >= 0.3 is 0 Å². The van der Waals surface area contributed by atoms with Gasteiger partial charge in [-0.3, -0.25) is 0 Å². The SMILES string of the molecule is [B][C@H]1CC(O)C(=C)O1. The van der Waals surface area contributed by atoms with Crippen LogP contribution in [0, 0.1) is 0 Å². The predicted molar refractivity (Wildman–Crippen MR) is 30.4 cm³/mol. The number of hydrogen-bond donors (Lipinski definition) is 1. The Morgan fingerprint density at radius 3 is 2.62 bits per heavy atom. The van der Waals surface area contributed by atoms with Gasteiger partial charge < -0.3 is 9.84 Å². The van der Waals surface area contributed by atoms with Crippen LogP contribution < -0.4 is 0 Å². The molecule has 0 aromatic carbocycles. The maximum Gasteiger partial charge on any atom is 0.126 e. The van der Waals surface area contributed by atoms with Crippen LogP contribution in [0.4, 0.5) is 0 Å². The zero-order valence-electron chi connectivity index (χ0n) is 4.50. The van der Waals surface area contributed by atoms with E-state index in [1.165, 1.54) is 0 Å². The molecular formula is C5H7BO2. The molecule has 0 spiro atoms. The van der Waals surface area contributed by atoms with Gasteiger partial charge in [0.2, 0.25) is 0 Å². The Bertz CT molecular complexity index is 113. The second-order valence-electron chi connectivity index (χ2n) is 1.87. The lowest BCUT2D eigenvalue weighted by Crippen LogP contribution is -2.04. The van der Waals surface area contributed by atoms with Crippen molar-refractivity contribution in [2.24, 2.45) is 0 Å². The molecule has 1 rings (SSSR count). The van der Waals surface area contributed by atoms with Crippen LogP contribution in [0.25, 0.3) is 0 Å². The van der Waals surface area contributed by atoms with Gasteiger partial charge in [-0.1, -0.05) is 6.58 Å². The van der Waals surface area contributed by atoms with Gasteiger partial charge in [0.15, 0.2) is 0 Å². The lowest BCUT2D eigenvalue weighted by molar-refractivity contribution is 0.188. The summed E-state index contributed by atoms with van der Waals surface area (Å²) in [5.41, 5.74) is 0. The van der Waals surface area contributed by atoms with Gasteiger partial charge in [-0.15, -0.1) is 0 Å². The molecule has 0 amide bonds. The van der Waals surface area contributed by atoms with E-state index in [9.17, 15) is 0 Å². The third-order valence-corrected chi connectivity index (χ3v) is 1.13. The zero-order chi connectivity index (χ0) is 6.15. The van der Waals surface area contributed by atoms with Crippen LogP contribution in [0.5, 0.6) is 0 Å². The average Bonchev–Trinajstić information content (AvgIpc) is 1.85. The zero-order valence-corrected chi connectivity index (χ0v) is 4.50. The molecule has 1 N–H and O–H groups in total.